The van der Waals surface area contributed by atoms with Crippen molar-refractivity contribution in [1.29, 1.82) is 0 Å². The third kappa shape index (κ3) is 5.06. The molecule has 0 atom stereocenters. The SMILES string of the molecule is CC(C)(O)C#Cc1cncc(NC(=O)c2cc(Br)cnc2N)c1. The van der Waals surface area contributed by atoms with Crippen molar-refractivity contribution in [3.05, 3.63) is 46.3 Å². The van der Waals surface area contributed by atoms with Gasteiger partial charge in [-0.25, -0.2) is 4.98 Å². The Morgan fingerprint density at radius 3 is 2.78 bits per heavy atom. The van der Waals surface area contributed by atoms with Crippen molar-refractivity contribution < 1.29 is 9.90 Å². The second-order valence-corrected chi connectivity index (χ2v) is 6.23. The maximum Gasteiger partial charge on any atom is 0.259 e. The Balaban J connectivity index is 2.21. The second-order valence-electron chi connectivity index (χ2n) is 5.31. The van der Waals surface area contributed by atoms with E-state index in [1.807, 2.05) is 0 Å². The molecule has 1 amide bonds. The van der Waals surface area contributed by atoms with Crippen molar-refractivity contribution in [2.75, 3.05) is 11.1 Å². The molecule has 0 fully saturated rings. The first kappa shape index (κ1) is 16.9. The summed E-state index contributed by atoms with van der Waals surface area (Å²) in [6, 6.07) is 3.24. The summed E-state index contributed by atoms with van der Waals surface area (Å²) in [5.74, 6) is 5.22. The van der Waals surface area contributed by atoms with Gasteiger partial charge in [-0.2, -0.15) is 0 Å². The van der Waals surface area contributed by atoms with Gasteiger partial charge in [0, 0.05) is 22.4 Å². The summed E-state index contributed by atoms with van der Waals surface area (Å²) < 4.78 is 0.653. The van der Waals surface area contributed by atoms with Crippen LogP contribution in [0.2, 0.25) is 0 Å². The van der Waals surface area contributed by atoms with Gasteiger partial charge in [-0.3, -0.25) is 9.78 Å². The molecule has 0 aliphatic rings. The number of aliphatic hydroxyl groups is 1. The van der Waals surface area contributed by atoms with Crippen LogP contribution in [0, 0.1) is 11.8 Å². The molecular formula is C16H15BrN4O2. The quantitative estimate of drug-likeness (QED) is 0.699. The van der Waals surface area contributed by atoms with Crippen molar-refractivity contribution in [2.45, 2.75) is 19.4 Å². The maximum absolute atomic E-state index is 12.3. The zero-order valence-electron chi connectivity index (χ0n) is 12.6. The molecule has 0 aromatic carbocycles. The number of halogens is 1. The summed E-state index contributed by atoms with van der Waals surface area (Å²) in [5.41, 5.74) is 5.91. The van der Waals surface area contributed by atoms with Crippen LogP contribution in [0.15, 0.2) is 35.2 Å². The number of nitrogens with zero attached hydrogens (tertiary/aromatic N) is 2. The number of hydrogen-bond acceptors (Lipinski definition) is 5. The Hall–Kier alpha value is -2.43. The van der Waals surface area contributed by atoms with Crippen molar-refractivity contribution in [3.63, 3.8) is 0 Å². The average molecular weight is 375 g/mol. The summed E-state index contributed by atoms with van der Waals surface area (Å²) >= 11 is 3.25. The number of nitrogens with two attached hydrogens (primary N) is 1. The van der Waals surface area contributed by atoms with Gasteiger partial charge in [0.05, 0.1) is 17.4 Å². The second kappa shape index (κ2) is 6.77. The Morgan fingerprint density at radius 2 is 2.09 bits per heavy atom. The predicted octanol–water partition coefficient (Wildman–Crippen LogP) is 2.20. The molecule has 2 aromatic heterocycles. The molecule has 0 unspecified atom stereocenters. The number of carbonyl (C=O) groups is 1. The number of nitrogen functional groups attached to an aromatic ring is 1. The van der Waals surface area contributed by atoms with Gasteiger partial charge in [-0.05, 0) is 41.9 Å². The van der Waals surface area contributed by atoms with E-state index in [-0.39, 0.29) is 11.4 Å². The molecule has 2 aromatic rings. The van der Waals surface area contributed by atoms with Gasteiger partial charge in [0.15, 0.2) is 0 Å². The van der Waals surface area contributed by atoms with E-state index in [2.05, 4.69) is 43.1 Å². The first-order chi connectivity index (χ1) is 10.7. The summed E-state index contributed by atoms with van der Waals surface area (Å²) in [6.45, 7) is 3.17. The number of carbonyl (C=O) groups excluding carboxylic acids is 1. The number of rotatable bonds is 2. The van der Waals surface area contributed by atoms with E-state index in [1.165, 1.54) is 12.4 Å². The highest BCUT2D eigenvalue weighted by Gasteiger charge is 2.12. The van der Waals surface area contributed by atoms with Crippen LogP contribution in [0.25, 0.3) is 0 Å². The third-order valence-corrected chi connectivity index (χ3v) is 3.07. The molecule has 0 bridgehead atoms. The van der Waals surface area contributed by atoms with Crippen LogP contribution in [0.4, 0.5) is 11.5 Å². The highest BCUT2D eigenvalue weighted by atomic mass is 79.9. The van der Waals surface area contributed by atoms with E-state index < -0.39 is 11.5 Å². The van der Waals surface area contributed by atoms with E-state index in [4.69, 9.17) is 5.73 Å². The molecule has 0 saturated heterocycles. The molecule has 2 heterocycles. The summed E-state index contributed by atoms with van der Waals surface area (Å²) in [4.78, 5) is 20.2. The molecule has 4 N–H and O–H groups in total. The van der Waals surface area contributed by atoms with Crippen LogP contribution < -0.4 is 11.1 Å². The predicted molar refractivity (Wildman–Crippen MR) is 91.7 cm³/mol. The van der Waals surface area contributed by atoms with Crippen LogP contribution >= 0.6 is 15.9 Å². The summed E-state index contributed by atoms with van der Waals surface area (Å²) in [7, 11) is 0. The lowest BCUT2D eigenvalue weighted by atomic mass is 10.1. The topological polar surface area (TPSA) is 101 Å². The highest BCUT2D eigenvalue weighted by Crippen LogP contribution is 2.17. The van der Waals surface area contributed by atoms with Gasteiger partial charge >= 0.3 is 0 Å². The Labute approximate surface area is 142 Å². The number of nitrogens with one attached hydrogen (secondary N) is 1. The first-order valence-electron chi connectivity index (χ1n) is 6.67. The number of aromatic nitrogens is 2. The van der Waals surface area contributed by atoms with E-state index in [1.54, 1.807) is 32.2 Å². The van der Waals surface area contributed by atoms with Crippen molar-refractivity contribution in [3.8, 4) is 11.8 Å². The number of hydrogen-bond donors (Lipinski definition) is 3. The molecule has 0 spiro atoms. The summed E-state index contributed by atoms with van der Waals surface area (Å²) in [5, 5.41) is 12.3. The van der Waals surface area contributed by atoms with Crippen LogP contribution in [-0.4, -0.2) is 26.6 Å². The lowest BCUT2D eigenvalue weighted by Gasteiger charge is -2.08. The van der Waals surface area contributed by atoms with Gasteiger partial charge in [0.1, 0.15) is 11.4 Å². The van der Waals surface area contributed by atoms with Gasteiger partial charge < -0.3 is 16.2 Å². The normalized spacial score (nSPS) is 10.6. The fraction of sp³-hybridized carbons (Fsp3) is 0.188. The standard InChI is InChI=1S/C16H15BrN4O2/c1-16(2,23)4-3-10-5-12(9-19-7-10)21-15(22)13-6-11(17)8-20-14(13)18/h5-9,23H,1-2H3,(H2,18,20)(H,21,22). The first-order valence-corrected chi connectivity index (χ1v) is 7.47. The van der Waals surface area contributed by atoms with Crippen molar-refractivity contribution in [1.82, 2.24) is 9.97 Å². The lowest BCUT2D eigenvalue weighted by molar-refractivity contribution is 0.102. The molecular weight excluding hydrogens is 360 g/mol. The van der Waals surface area contributed by atoms with Crippen LogP contribution in [0.5, 0.6) is 0 Å². The van der Waals surface area contributed by atoms with Gasteiger partial charge in [0.25, 0.3) is 5.91 Å². The van der Waals surface area contributed by atoms with Crippen LogP contribution in [0.3, 0.4) is 0 Å². The minimum Gasteiger partial charge on any atom is -0.383 e. The molecule has 0 aliphatic carbocycles. The Morgan fingerprint density at radius 1 is 1.35 bits per heavy atom. The Bertz CT molecular complexity index is 804. The largest absolute Gasteiger partial charge is 0.383 e. The fourth-order valence-corrected chi connectivity index (χ4v) is 1.96. The van der Waals surface area contributed by atoms with E-state index in [0.717, 1.165) is 0 Å². The minimum atomic E-state index is -1.10. The zero-order valence-corrected chi connectivity index (χ0v) is 14.2. The fourth-order valence-electron chi connectivity index (χ4n) is 1.63. The minimum absolute atomic E-state index is 0.136. The molecule has 0 saturated carbocycles. The Kier molecular flexibility index (Phi) is 4.98. The van der Waals surface area contributed by atoms with Crippen LogP contribution in [-0.2, 0) is 0 Å². The van der Waals surface area contributed by atoms with E-state index >= 15 is 0 Å². The van der Waals surface area contributed by atoms with E-state index in [9.17, 15) is 9.90 Å². The smallest absolute Gasteiger partial charge is 0.259 e. The third-order valence-electron chi connectivity index (χ3n) is 2.64. The lowest BCUT2D eigenvalue weighted by Crippen LogP contribution is -2.15. The molecule has 0 aliphatic heterocycles. The molecule has 0 radical (unpaired) electrons. The zero-order chi connectivity index (χ0) is 17.0. The molecule has 7 heteroatoms. The average Bonchev–Trinajstić information content (AvgIpc) is 2.47. The van der Waals surface area contributed by atoms with Gasteiger partial charge in [0.2, 0.25) is 0 Å². The molecule has 23 heavy (non-hydrogen) atoms. The molecule has 6 nitrogen and oxygen atoms in total. The molecule has 2 rings (SSSR count). The number of anilines is 2. The van der Waals surface area contributed by atoms with Crippen LogP contribution in [0.1, 0.15) is 29.8 Å². The van der Waals surface area contributed by atoms with E-state index in [0.29, 0.717) is 15.7 Å². The van der Waals surface area contributed by atoms with Gasteiger partial charge in [-0.1, -0.05) is 11.8 Å². The molecule has 118 valence electrons. The van der Waals surface area contributed by atoms with Crippen molar-refractivity contribution >= 4 is 33.3 Å². The highest BCUT2D eigenvalue weighted by molar-refractivity contribution is 9.10. The number of amides is 1. The van der Waals surface area contributed by atoms with Crippen molar-refractivity contribution in [2.24, 2.45) is 0 Å². The monoisotopic (exact) mass is 374 g/mol. The summed E-state index contributed by atoms with van der Waals surface area (Å²) in [6.07, 6.45) is 4.55. The maximum atomic E-state index is 12.3. The van der Waals surface area contributed by atoms with Gasteiger partial charge in [-0.15, -0.1) is 0 Å². The number of pyridine rings is 2.